The molecule has 0 aliphatic carbocycles. The van der Waals surface area contributed by atoms with Crippen LogP contribution >= 0.6 is 0 Å². The summed E-state index contributed by atoms with van der Waals surface area (Å²) in [7, 11) is 0. The summed E-state index contributed by atoms with van der Waals surface area (Å²) >= 11 is 0. The Labute approximate surface area is 178 Å². The minimum Gasteiger partial charge on any atom is -0.349 e. The van der Waals surface area contributed by atoms with Crippen LogP contribution in [0.5, 0.6) is 0 Å². The van der Waals surface area contributed by atoms with Crippen molar-refractivity contribution in [1.82, 2.24) is 19.6 Å². The molecule has 0 saturated carbocycles. The number of aromatic nitrogens is 4. The molecule has 0 unspecified atom stereocenters. The second-order valence-electron chi connectivity index (χ2n) is 7.66. The monoisotopic (exact) mass is 416 g/mol. The van der Waals surface area contributed by atoms with Crippen molar-refractivity contribution in [3.8, 4) is 0 Å². The van der Waals surface area contributed by atoms with Gasteiger partial charge in [0.2, 0.25) is 0 Å². The molecule has 1 N–H and O–H groups in total. The summed E-state index contributed by atoms with van der Waals surface area (Å²) in [6.07, 6.45) is 8.59. The molecule has 1 atom stereocenters. The third kappa shape index (κ3) is 3.61. The molecule has 8 heteroatoms. The predicted molar refractivity (Wildman–Crippen MR) is 116 cm³/mol. The molecule has 1 aromatic carbocycles. The van der Waals surface area contributed by atoms with Crippen molar-refractivity contribution in [2.75, 3.05) is 16.8 Å². The zero-order valence-corrected chi connectivity index (χ0v) is 17.0. The average molecular weight is 416 g/mol. The molecule has 7 nitrogen and oxygen atoms in total. The second kappa shape index (κ2) is 7.79. The average Bonchev–Trinajstić information content (AvgIpc) is 3.41. The van der Waals surface area contributed by atoms with Gasteiger partial charge in [-0.3, -0.25) is 9.78 Å². The van der Waals surface area contributed by atoms with Crippen LogP contribution in [-0.2, 0) is 0 Å². The first kappa shape index (κ1) is 19.2. The largest absolute Gasteiger partial charge is 0.349 e. The molecule has 1 amide bonds. The maximum absolute atomic E-state index is 13.8. The number of fused-ring (bicyclic) bond motifs is 1. The van der Waals surface area contributed by atoms with Gasteiger partial charge in [0.05, 0.1) is 12.2 Å². The molecular weight excluding hydrogens is 395 g/mol. The minimum absolute atomic E-state index is 0.0612. The Hall–Kier alpha value is -3.81. The van der Waals surface area contributed by atoms with Gasteiger partial charge < -0.3 is 10.2 Å². The minimum atomic E-state index is -0.236. The Kier molecular flexibility index (Phi) is 4.82. The van der Waals surface area contributed by atoms with Gasteiger partial charge in [0.15, 0.2) is 5.65 Å². The Bertz CT molecular complexity index is 1270. The van der Waals surface area contributed by atoms with E-state index in [1.54, 1.807) is 41.3 Å². The van der Waals surface area contributed by atoms with Crippen molar-refractivity contribution in [1.29, 1.82) is 0 Å². The lowest BCUT2D eigenvalue weighted by molar-refractivity contribution is 0.102. The van der Waals surface area contributed by atoms with Crippen molar-refractivity contribution in [2.45, 2.75) is 25.8 Å². The highest BCUT2D eigenvalue weighted by Gasteiger charge is 2.28. The number of halogens is 1. The molecule has 0 radical (unpaired) electrons. The van der Waals surface area contributed by atoms with Gasteiger partial charge in [-0.15, -0.1) is 0 Å². The van der Waals surface area contributed by atoms with Crippen LogP contribution in [0.4, 0.5) is 15.9 Å². The molecule has 4 heterocycles. The van der Waals surface area contributed by atoms with Gasteiger partial charge in [-0.25, -0.2) is 13.9 Å². The highest BCUT2D eigenvalue weighted by molar-refractivity contribution is 6.06. The third-order valence-corrected chi connectivity index (χ3v) is 5.65. The zero-order chi connectivity index (χ0) is 21.4. The van der Waals surface area contributed by atoms with Crippen LogP contribution in [0.1, 0.15) is 40.4 Å². The van der Waals surface area contributed by atoms with Crippen LogP contribution < -0.4 is 10.2 Å². The first-order chi connectivity index (χ1) is 15.1. The fourth-order valence-electron chi connectivity index (χ4n) is 4.13. The number of carbonyl (C=O) groups excluding carboxylic acids is 1. The molecule has 5 rings (SSSR count). The highest BCUT2D eigenvalue weighted by Crippen LogP contribution is 2.35. The van der Waals surface area contributed by atoms with Crippen LogP contribution in [0.15, 0.2) is 61.2 Å². The first-order valence-electron chi connectivity index (χ1n) is 10.2. The third-order valence-electron chi connectivity index (χ3n) is 5.65. The van der Waals surface area contributed by atoms with Gasteiger partial charge in [-0.1, -0.05) is 12.1 Å². The van der Waals surface area contributed by atoms with Crippen molar-refractivity contribution in [2.24, 2.45) is 0 Å². The lowest BCUT2D eigenvalue weighted by Gasteiger charge is -2.26. The molecule has 0 bridgehead atoms. The molecule has 4 aromatic rings. The lowest BCUT2D eigenvalue weighted by atomic mass is 10.0. The topological polar surface area (TPSA) is 75.4 Å². The van der Waals surface area contributed by atoms with E-state index in [1.807, 2.05) is 25.3 Å². The fourth-order valence-corrected chi connectivity index (χ4v) is 4.13. The van der Waals surface area contributed by atoms with Crippen LogP contribution in [-0.4, -0.2) is 32.0 Å². The fraction of sp³-hybridized carbons (Fsp3) is 0.217. The van der Waals surface area contributed by atoms with E-state index in [-0.39, 0.29) is 17.8 Å². The van der Waals surface area contributed by atoms with Crippen LogP contribution in [0.25, 0.3) is 5.65 Å². The van der Waals surface area contributed by atoms with Crippen LogP contribution in [0, 0.1) is 12.7 Å². The smallest absolute Gasteiger partial charge is 0.256 e. The van der Waals surface area contributed by atoms with Crippen molar-refractivity contribution in [3.05, 3.63) is 83.7 Å². The molecule has 1 aliphatic rings. The standard InChI is InChI=1S/C23H21FN6O/c1-15-13-25-9-7-18(15)23(31)27-19-14-26-30-11-8-21(28-22(19)30)29-10-3-6-20(29)16-4-2-5-17(24)12-16/h2,4-5,7-9,11-14,20H,3,6,10H2,1H3,(H,27,31)/t20-/m1/s1. The number of rotatable bonds is 4. The first-order valence-corrected chi connectivity index (χ1v) is 10.2. The van der Waals surface area contributed by atoms with Gasteiger partial charge in [0, 0.05) is 30.7 Å². The van der Waals surface area contributed by atoms with E-state index >= 15 is 0 Å². The van der Waals surface area contributed by atoms with E-state index in [9.17, 15) is 9.18 Å². The number of hydrogen-bond acceptors (Lipinski definition) is 5. The predicted octanol–water partition coefficient (Wildman–Crippen LogP) is 4.17. The number of hydrogen-bond donors (Lipinski definition) is 1. The summed E-state index contributed by atoms with van der Waals surface area (Å²) in [6, 6.07) is 10.4. The normalized spacial score (nSPS) is 16.1. The number of pyridine rings is 1. The summed E-state index contributed by atoms with van der Waals surface area (Å²) in [5, 5.41) is 7.21. The number of anilines is 2. The summed E-state index contributed by atoms with van der Waals surface area (Å²) in [4.78, 5) is 23.7. The Balaban J connectivity index is 1.46. The number of carbonyl (C=O) groups is 1. The Morgan fingerprint density at radius 2 is 2.13 bits per heavy atom. The molecule has 0 spiro atoms. The van der Waals surface area contributed by atoms with E-state index in [0.29, 0.717) is 16.9 Å². The van der Waals surface area contributed by atoms with Crippen LogP contribution in [0.2, 0.25) is 0 Å². The molecule has 3 aromatic heterocycles. The van der Waals surface area contributed by atoms with Crippen molar-refractivity contribution >= 4 is 23.1 Å². The zero-order valence-electron chi connectivity index (χ0n) is 17.0. The summed E-state index contributed by atoms with van der Waals surface area (Å²) in [5.74, 6) is 0.302. The SMILES string of the molecule is Cc1cnccc1C(=O)Nc1cnn2ccc(N3CCC[C@@H]3c3cccc(F)c3)nc12. The quantitative estimate of drug-likeness (QED) is 0.541. The van der Waals surface area contributed by atoms with Gasteiger partial charge in [-0.05, 0) is 55.2 Å². The lowest BCUT2D eigenvalue weighted by Crippen LogP contribution is -2.24. The number of nitrogens with zero attached hydrogens (tertiary/aromatic N) is 5. The van der Waals surface area contributed by atoms with Gasteiger partial charge in [-0.2, -0.15) is 5.10 Å². The van der Waals surface area contributed by atoms with Crippen LogP contribution in [0.3, 0.4) is 0 Å². The van der Waals surface area contributed by atoms with Crippen molar-refractivity contribution < 1.29 is 9.18 Å². The number of aryl methyl sites for hydroxylation is 1. The number of nitrogens with one attached hydrogen (secondary N) is 1. The van der Waals surface area contributed by atoms with Gasteiger partial charge in [0.25, 0.3) is 5.91 Å². The van der Waals surface area contributed by atoms with E-state index < -0.39 is 0 Å². The maximum atomic E-state index is 13.8. The summed E-state index contributed by atoms with van der Waals surface area (Å²) < 4.78 is 15.4. The van der Waals surface area contributed by atoms with Gasteiger partial charge >= 0.3 is 0 Å². The molecular formula is C23H21FN6O. The molecule has 1 saturated heterocycles. The van der Waals surface area contributed by atoms with E-state index in [0.717, 1.165) is 36.3 Å². The summed E-state index contributed by atoms with van der Waals surface area (Å²) in [6.45, 7) is 2.67. The highest BCUT2D eigenvalue weighted by atomic mass is 19.1. The Morgan fingerprint density at radius 1 is 1.23 bits per heavy atom. The van der Waals surface area contributed by atoms with E-state index in [1.165, 1.54) is 6.07 Å². The second-order valence-corrected chi connectivity index (χ2v) is 7.66. The van der Waals surface area contributed by atoms with E-state index in [2.05, 4.69) is 20.3 Å². The number of amides is 1. The Morgan fingerprint density at radius 3 is 2.97 bits per heavy atom. The van der Waals surface area contributed by atoms with Gasteiger partial charge in [0.1, 0.15) is 17.3 Å². The van der Waals surface area contributed by atoms with E-state index in [4.69, 9.17) is 4.98 Å². The van der Waals surface area contributed by atoms with Crippen molar-refractivity contribution in [3.63, 3.8) is 0 Å². The molecule has 156 valence electrons. The number of benzene rings is 1. The molecule has 31 heavy (non-hydrogen) atoms. The molecule has 1 aliphatic heterocycles. The maximum Gasteiger partial charge on any atom is 0.256 e. The summed E-state index contributed by atoms with van der Waals surface area (Å²) in [5.41, 5.74) is 3.37. The molecule has 1 fully saturated rings.